The average Bonchev–Trinajstić information content (AvgIpc) is 2.88. The Kier molecular flexibility index (Phi) is 6.00. The molecule has 170 valence electrons. The summed E-state index contributed by atoms with van der Waals surface area (Å²) in [7, 11) is 1.78. The Morgan fingerprint density at radius 2 is 1.38 bits per heavy atom. The van der Waals surface area contributed by atoms with Crippen LogP contribution in [-0.2, 0) is 6.61 Å². The molecule has 0 unspecified atom stereocenters. The van der Waals surface area contributed by atoms with E-state index < -0.39 is 0 Å². The zero-order valence-corrected chi connectivity index (χ0v) is 19.0. The summed E-state index contributed by atoms with van der Waals surface area (Å²) in [6.45, 7) is 0.733. The quantitative estimate of drug-likeness (QED) is 0.420. The minimum Gasteiger partial charge on any atom is -0.483 e. The largest absolute Gasteiger partial charge is 0.483 e. The smallest absolute Gasteiger partial charge is 0.274 e. The summed E-state index contributed by atoms with van der Waals surface area (Å²) < 4.78 is 7.94. The minimum absolute atomic E-state index is 0.0128. The van der Waals surface area contributed by atoms with E-state index in [1.807, 2.05) is 71.3 Å². The fourth-order valence-electron chi connectivity index (χ4n) is 4.74. The van der Waals surface area contributed by atoms with E-state index in [2.05, 4.69) is 24.3 Å². The highest BCUT2D eigenvalue weighted by Crippen LogP contribution is 2.39. The van der Waals surface area contributed by atoms with Crippen LogP contribution in [0.25, 0.3) is 0 Å². The molecular weight excluding hydrogens is 424 g/mol. The van der Waals surface area contributed by atoms with E-state index in [1.165, 1.54) is 6.07 Å². The molecule has 3 aromatic carbocycles. The van der Waals surface area contributed by atoms with Crippen LogP contribution in [0.5, 0.6) is 5.75 Å². The van der Waals surface area contributed by atoms with Crippen molar-refractivity contribution in [1.82, 2.24) is 9.47 Å². The van der Waals surface area contributed by atoms with Gasteiger partial charge in [-0.2, -0.15) is 0 Å². The summed E-state index contributed by atoms with van der Waals surface area (Å²) in [6, 6.07) is 31.6. The molecule has 0 bridgehead atoms. The number of amides is 1. The number of carbonyl (C=O) groups is 1. The SMILES string of the molecule is CN1C[C@H](C(c2ccccc2)c2ccccc2)n2ccc(=O)c(OCc3ccccc3)c2C1=O. The number of hydrogen-bond acceptors (Lipinski definition) is 3. The van der Waals surface area contributed by atoms with Crippen molar-refractivity contribution in [3.63, 3.8) is 0 Å². The van der Waals surface area contributed by atoms with E-state index in [9.17, 15) is 9.59 Å². The van der Waals surface area contributed by atoms with Crippen LogP contribution in [0.3, 0.4) is 0 Å². The van der Waals surface area contributed by atoms with Gasteiger partial charge in [0.1, 0.15) is 6.61 Å². The van der Waals surface area contributed by atoms with Crippen molar-refractivity contribution in [2.45, 2.75) is 18.6 Å². The lowest BCUT2D eigenvalue weighted by Gasteiger charge is -2.39. The lowest BCUT2D eigenvalue weighted by atomic mass is 9.83. The Bertz CT molecular complexity index is 1290. The highest BCUT2D eigenvalue weighted by molar-refractivity contribution is 5.96. The summed E-state index contributed by atoms with van der Waals surface area (Å²) in [6.07, 6.45) is 1.74. The summed E-state index contributed by atoms with van der Waals surface area (Å²) in [5.74, 6) is -0.120. The zero-order chi connectivity index (χ0) is 23.5. The van der Waals surface area contributed by atoms with Crippen LogP contribution in [-0.4, -0.2) is 29.0 Å². The van der Waals surface area contributed by atoms with Gasteiger partial charge in [-0.05, 0) is 16.7 Å². The third-order valence-corrected chi connectivity index (χ3v) is 6.38. The van der Waals surface area contributed by atoms with Crippen molar-refractivity contribution in [1.29, 1.82) is 0 Å². The normalized spacial score (nSPS) is 15.3. The van der Waals surface area contributed by atoms with Gasteiger partial charge in [0.2, 0.25) is 5.43 Å². The summed E-state index contributed by atoms with van der Waals surface area (Å²) >= 11 is 0. The number of nitrogens with zero attached hydrogens (tertiary/aromatic N) is 2. The number of fused-ring (bicyclic) bond motifs is 1. The maximum atomic E-state index is 13.3. The molecule has 1 aliphatic heterocycles. The van der Waals surface area contributed by atoms with Gasteiger partial charge in [0.05, 0.1) is 6.04 Å². The molecule has 0 aliphatic carbocycles. The van der Waals surface area contributed by atoms with Gasteiger partial charge < -0.3 is 14.2 Å². The monoisotopic (exact) mass is 450 g/mol. The second-order valence-corrected chi connectivity index (χ2v) is 8.59. The van der Waals surface area contributed by atoms with Gasteiger partial charge in [-0.25, -0.2) is 0 Å². The Balaban J connectivity index is 1.63. The molecule has 5 nitrogen and oxygen atoms in total. The molecule has 1 amide bonds. The molecule has 0 N–H and O–H groups in total. The molecule has 5 heteroatoms. The standard InChI is InChI=1S/C29H26N2O3/c1-30-19-24(26(22-13-7-3-8-14-22)23-15-9-4-10-16-23)31-18-17-25(32)28(27(31)29(30)33)34-20-21-11-5-2-6-12-21/h2-18,24,26H,19-20H2,1H3/t24-/m1/s1. The van der Waals surface area contributed by atoms with Crippen LogP contribution >= 0.6 is 0 Å². The van der Waals surface area contributed by atoms with Gasteiger partial charge in [0.25, 0.3) is 5.91 Å². The first-order chi connectivity index (χ1) is 16.6. The summed E-state index contributed by atoms with van der Waals surface area (Å²) in [4.78, 5) is 27.9. The second kappa shape index (κ2) is 9.40. The number of pyridine rings is 1. The lowest BCUT2D eigenvalue weighted by molar-refractivity contribution is 0.0698. The molecule has 0 saturated heterocycles. The first-order valence-corrected chi connectivity index (χ1v) is 11.4. The Labute approximate surface area is 198 Å². The maximum absolute atomic E-state index is 13.3. The van der Waals surface area contributed by atoms with Crippen LogP contribution in [0.4, 0.5) is 0 Å². The number of aromatic nitrogens is 1. The number of rotatable bonds is 6. The van der Waals surface area contributed by atoms with Gasteiger partial charge in [-0.3, -0.25) is 9.59 Å². The van der Waals surface area contributed by atoms with Crippen LogP contribution < -0.4 is 10.2 Å². The molecule has 4 aromatic rings. The number of benzene rings is 3. The number of hydrogen-bond donors (Lipinski definition) is 0. The molecule has 0 fully saturated rings. The van der Waals surface area contributed by atoms with Crippen molar-refractivity contribution in [2.24, 2.45) is 0 Å². The van der Waals surface area contributed by atoms with E-state index in [0.29, 0.717) is 12.2 Å². The van der Waals surface area contributed by atoms with Crippen molar-refractivity contribution in [2.75, 3.05) is 13.6 Å². The van der Waals surface area contributed by atoms with Crippen LogP contribution in [0.2, 0.25) is 0 Å². The molecule has 1 atom stereocenters. The first kappa shape index (κ1) is 21.7. The Morgan fingerprint density at radius 1 is 0.824 bits per heavy atom. The average molecular weight is 451 g/mol. The van der Waals surface area contributed by atoms with Crippen molar-refractivity contribution >= 4 is 5.91 Å². The minimum atomic E-state index is -0.291. The molecule has 2 heterocycles. The predicted octanol–water partition coefficient (Wildman–Crippen LogP) is 4.89. The first-order valence-electron chi connectivity index (χ1n) is 11.4. The van der Waals surface area contributed by atoms with E-state index >= 15 is 0 Å². The third-order valence-electron chi connectivity index (χ3n) is 6.38. The zero-order valence-electron chi connectivity index (χ0n) is 19.0. The maximum Gasteiger partial charge on any atom is 0.274 e. The van der Waals surface area contributed by atoms with Gasteiger partial charge in [0.15, 0.2) is 11.4 Å². The second-order valence-electron chi connectivity index (χ2n) is 8.59. The van der Waals surface area contributed by atoms with E-state index in [1.54, 1.807) is 18.1 Å². The molecule has 1 aliphatic rings. The van der Waals surface area contributed by atoms with Crippen LogP contribution in [0, 0.1) is 0 Å². The van der Waals surface area contributed by atoms with Crippen LogP contribution in [0.15, 0.2) is 108 Å². The molecule has 5 rings (SSSR count). The number of ether oxygens (including phenoxy) is 1. The van der Waals surface area contributed by atoms with Gasteiger partial charge >= 0.3 is 0 Å². The number of carbonyl (C=O) groups excluding carboxylic acids is 1. The van der Waals surface area contributed by atoms with Crippen molar-refractivity contribution < 1.29 is 9.53 Å². The van der Waals surface area contributed by atoms with E-state index in [4.69, 9.17) is 4.74 Å². The third kappa shape index (κ3) is 4.13. The number of likely N-dealkylation sites (N-methyl/N-ethyl adjacent to an activating group) is 1. The van der Waals surface area contributed by atoms with Crippen LogP contribution in [0.1, 0.15) is 39.1 Å². The molecular formula is C29H26N2O3. The predicted molar refractivity (Wildman–Crippen MR) is 132 cm³/mol. The van der Waals surface area contributed by atoms with Crippen molar-refractivity contribution in [3.05, 3.63) is 136 Å². The highest BCUT2D eigenvalue weighted by atomic mass is 16.5. The highest BCUT2D eigenvalue weighted by Gasteiger charge is 2.37. The fourth-order valence-corrected chi connectivity index (χ4v) is 4.74. The van der Waals surface area contributed by atoms with Gasteiger partial charge in [-0.15, -0.1) is 0 Å². The fraction of sp³-hybridized carbons (Fsp3) is 0.172. The molecule has 1 aromatic heterocycles. The Morgan fingerprint density at radius 3 is 1.97 bits per heavy atom. The molecule has 0 spiro atoms. The molecule has 0 radical (unpaired) electrons. The van der Waals surface area contributed by atoms with E-state index in [-0.39, 0.29) is 35.7 Å². The van der Waals surface area contributed by atoms with Crippen molar-refractivity contribution in [3.8, 4) is 5.75 Å². The van der Waals surface area contributed by atoms with E-state index in [0.717, 1.165) is 16.7 Å². The van der Waals surface area contributed by atoms with Gasteiger partial charge in [-0.1, -0.05) is 91.0 Å². The van der Waals surface area contributed by atoms with Gasteiger partial charge in [0, 0.05) is 31.8 Å². The lowest BCUT2D eigenvalue weighted by Crippen LogP contribution is -2.44. The topological polar surface area (TPSA) is 51.5 Å². The molecule has 0 saturated carbocycles. The Hall–Kier alpha value is -4.12. The summed E-state index contributed by atoms with van der Waals surface area (Å²) in [5, 5.41) is 0. The molecule has 34 heavy (non-hydrogen) atoms. The summed E-state index contributed by atoms with van der Waals surface area (Å²) in [5.41, 5.74) is 3.25.